The molecule has 3 aliphatic heterocycles. The first-order valence-corrected chi connectivity index (χ1v) is 15.2. The molecule has 2 fully saturated rings. The third-order valence-electron chi connectivity index (χ3n) is 7.09. The topological polar surface area (TPSA) is 95.1 Å². The molecule has 4 rings (SSSR count). The number of piperidine rings is 1. The molecule has 1 amide bonds. The van der Waals surface area contributed by atoms with Crippen LogP contribution in [-0.2, 0) is 31.3 Å². The van der Waals surface area contributed by atoms with Crippen LogP contribution in [-0.4, -0.2) is 69.8 Å². The quantitative estimate of drug-likeness (QED) is 0.577. The van der Waals surface area contributed by atoms with Crippen LogP contribution in [0, 0.1) is 5.92 Å². The number of carbonyl (C=O) groups is 1. The minimum absolute atomic E-state index is 0.0247. The number of sulfonamides is 2. The van der Waals surface area contributed by atoms with Crippen molar-refractivity contribution >= 4 is 31.6 Å². The lowest BCUT2D eigenvalue weighted by molar-refractivity contribution is -0.123. The standard InChI is InChI=1S/C23H35N3O5S2/c1-2-3-17-32(28,29)24-15-10-19(11-16-24)23(27)26-14-6-7-20-18-21(8-9-22(20)26)33(30,31)25-12-4-5-13-25/h8-9,18-19H,2-7,10-17H2,1H3. The van der Waals surface area contributed by atoms with Crippen LogP contribution in [0.3, 0.4) is 0 Å². The van der Waals surface area contributed by atoms with Gasteiger partial charge in [0.05, 0.1) is 10.6 Å². The minimum Gasteiger partial charge on any atom is -0.312 e. The van der Waals surface area contributed by atoms with Gasteiger partial charge in [0, 0.05) is 44.3 Å². The number of fused-ring (bicyclic) bond motifs is 1. The van der Waals surface area contributed by atoms with Gasteiger partial charge in [-0.05, 0) is 68.7 Å². The summed E-state index contributed by atoms with van der Waals surface area (Å²) >= 11 is 0. The second-order valence-corrected chi connectivity index (χ2v) is 13.4. The number of rotatable bonds is 7. The number of amides is 1. The van der Waals surface area contributed by atoms with Crippen molar-refractivity contribution < 1.29 is 21.6 Å². The fraction of sp³-hybridized carbons (Fsp3) is 0.696. The van der Waals surface area contributed by atoms with Crippen LogP contribution in [0.25, 0.3) is 0 Å². The Morgan fingerprint density at radius 1 is 0.939 bits per heavy atom. The maximum absolute atomic E-state index is 13.4. The Labute approximate surface area is 198 Å². The van der Waals surface area contributed by atoms with Crippen molar-refractivity contribution in [3.05, 3.63) is 23.8 Å². The molecule has 0 aromatic heterocycles. The second-order valence-electron chi connectivity index (χ2n) is 9.34. The molecule has 0 bridgehead atoms. The molecule has 1 aromatic rings. The van der Waals surface area contributed by atoms with Crippen LogP contribution in [0.5, 0.6) is 0 Å². The number of benzene rings is 1. The number of aryl methyl sites for hydroxylation is 1. The Morgan fingerprint density at radius 3 is 2.30 bits per heavy atom. The third-order valence-corrected chi connectivity index (χ3v) is 10.9. The SMILES string of the molecule is CCCCS(=O)(=O)N1CCC(C(=O)N2CCCc3cc(S(=O)(=O)N4CCCC4)ccc32)CC1. The highest BCUT2D eigenvalue weighted by Gasteiger charge is 2.35. The van der Waals surface area contributed by atoms with Crippen molar-refractivity contribution in [3.63, 3.8) is 0 Å². The molecule has 0 spiro atoms. The molecule has 8 nitrogen and oxygen atoms in total. The molecule has 1 aromatic carbocycles. The molecular formula is C23H35N3O5S2. The Balaban J connectivity index is 1.46. The molecule has 0 saturated carbocycles. The molecule has 0 radical (unpaired) electrons. The monoisotopic (exact) mass is 497 g/mol. The maximum atomic E-state index is 13.4. The molecule has 3 aliphatic rings. The average Bonchev–Trinajstić information content (AvgIpc) is 3.38. The lowest BCUT2D eigenvalue weighted by Crippen LogP contribution is -2.46. The molecule has 0 N–H and O–H groups in total. The van der Waals surface area contributed by atoms with Crippen LogP contribution in [0.1, 0.15) is 57.4 Å². The van der Waals surface area contributed by atoms with E-state index in [-0.39, 0.29) is 17.6 Å². The van der Waals surface area contributed by atoms with Crippen molar-refractivity contribution in [2.45, 2.75) is 63.2 Å². The zero-order valence-electron chi connectivity index (χ0n) is 19.4. The van der Waals surface area contributed by atoms with E-state index in [1.165, 1.54) is 4.31 Å². The number of anilines is 1. The van der Waals surface area contributed by atoms with Gasteiger partial charge in [-0.15, -0.1) is 0 Å². The van der Waals surface area contributed by atoms with Gasteiger partial charge in [-0.25, -0.2) is 21.1 Å². The Kier molecular flexibility index (Phi) is 7.47. The number of hydrogen-bond acceptors (Lipinski definition) is 5. The molecule has 10 heteroatoms. The summed E-state index contributed by atoms with van der Waals surface area (Å²) in [5.74, 6) is -0.0112. The van der Waals surface area contributed by atoms with Crippen LogP contribution < -0.4 is 4.90 Å². The van der Waals surface area contributed by atoms with Gasteiger partial charge in [0.2, 0.25) is 26.0 Å². The first-order chi connectivity index (χ1) is 15.7. The van der Waals surface area contributed by atoms with E-state index in [0.29, 0.717) is 56.9 Å². The van der Waals surface area contributed by atoms with Gasteiger partial charge in [0.15, 0.2) is 0 Å². The zero-order chi connectivity index (χ0) is 23.6. The highest BCUT2D eigenvalue weighted by Crippen LogP contribution is 2.33. The smallest absolute Gasteiger partial charge is 0.243 e. The van der Waals surface area contributed by atoms with Gasteiger partial charge >= 0.3 is 0 Å². The van der Waals surface area contributed by atoms with Crippen molar-refractivity contribution in [3.8, 4) is 0 Å². The van der Waals surface area contributed by atoms with Gasteiger partial charge in [0.25, 0.3) is 0 Å². The molecule has 3 heterocycles. The zero-order valence-corrected chi connectivity index (χ0v) is 21.0. The molecule has 0 unspecified atom stereocenters. The molecule has 184 valence electrons. The van der Waals surface area contributed by atoms with E-state index in [4.69, 9.17) is 0 Å². The lowest BCUT2D eigenvalue weighted by atomic mass is 9.94. The van der Waals surface area contributed by atoms with Gasteiger partial charge < -0.3 is 4.90 Å². The summed E-state index contributed by atoms with van der Waals surface area (Å²) in [5.41, 5.74) is 1.69. The molecule has 0 atom stereocenters. The fourth-order valence-corrected chi connectivity index (χ4v) is 8.34. The fourth-order valence-electron chi connectivity index (χ4n) is 5.10. The Bertz CT molecular complexity index is 1070. The normalized spacial score (nSPS) is 21.3. The van der Waals surface area contributed by atoms with E-state index in [1.807, 2.05) is 6.92 Å². The van der Waals surface area contributed by atoms with E-state index in [9.17, 15) is 21.6 Å². The summed E-state index contributed by atoms with van der Waals surface area (Å²) in [6, 6.07) is 5.14. The minimum atomic E-state index is -3.49. The van der Waals surface area contributed by atoms with Crippen LogP contribution >= 0.6 is 0 Å². The largest absolute Gasteiger partial charge is 0.312 e. The van der Waals surface area contributed by atoms with E-state index < -0.39 is 20.0 Å². The number of unbranched alkanes of at least 4 members (excludes halogenated alkanes) is 1. The predicted octanol–water partition coefficient (Wildman–Crippen LogP) is 2.59. The van der Waals surface area contributed by atoms with Crippen molar-refractivity contribution in [2.75, 3.05) is 43.4 Å². The predicted molar refractivity (Wildman–Crippen MR) is 128 cm³/mol. The number of hydrogen-bond donors (Lipinski definition) is 0. The molecule has 0 aliphatic carbocycles. The van der Waals surface area contributed by atoms with E-state index in [0.717, 1.165) is 43.4 Å². The summed E-state index contributed by atoms with van der Waals surface area (Å²) in [5, 5.41) is 0. The van der Waals surface area contributed by atoms with Gasteiger partial charge in [-0.3, -0.25) is 4.79 Å². The van der Waals surface area contributed by atoms with Crippen LogP contribution in [0.15, 0.2) is 23.1 Å². The highest BCUT2D eigenvalue weighted by molar-refractivity contribution is 7.89. The van der Waals surface area contributed by atoms with Gasteiger partial charge in [-0.1, -0.05) is 13.3 Å². The van der Waals surface area contributed by atoms with E-state index in [2.05, 4.69) is 0 Å². The summed E-state index contributed by atoms with van der Waals surface area (Å²) in [6.45, 7) is 4.49. The number of carbonyl (C=O) groups excluding carboxylic acids is 1. The van der Waals surface area contributed by atoms with Crippen molar-refractivity contribution in [2.24, 2.45) is 5.92 Å². The highest BCUT2D eigenvalue weighted by atomic mass is 32.2. The second kappa shape index (κ2) is 10.0. The van der Waals surface area contributed by atoms with E-state index in [1.54, 1.807) is 27.4 Å². The molecule has 33 heavy (non-hydrogen) atoms. The molecular weight excluding hydrogens is 462 g/mol. The Morgan fingerprint density at radius 2 is 1.64 bits per heavy atom. The summed E-state index contributed by atoms with van der Waals surface area (Å²) in [6.07, 6.45) is 5.86. The molecule has 2 saturated heterocycles. The summed E-state index contributed by atoms with van der Waals surface area (Å²) in [7, 11) is -6.74. The van der Waals surface area contributed by atoms with Crippen molar-refractivity contribution in [1.82, 2.24) is 8.61 Å². The number of nitrogens with zero attached hydrogens (tertiary/aromatic N) is 3. The lowest BCUT2D eigenvalue weighted by Gasteiger charge is -2.36. The maximum Gasteiger partial charge on any atom is 0.243 e. The first-order valence-electron chi connectivity index (χ1n) is 12.2. The Hall–Kier alpha value is -1.49. The van der Waals surface area contributed by atoms with Crippen LogP contribution in [0.2, 0.25) is 0 Å². The van der Waals surface area contributed by atoms with E-state index >= 15 is 0 Å². The van der Waals surface area contributed by atoms with Crippen molar-refractivity contribution in [1.29, 1.82) is 0 Å². The third kappa shape index (κ3) is 5.13. The first kappa shape index (κ1) is 24.6. The van der Waals surface area contributed by atoms with Crippen LogP contribution in [0.4, 0.5) is 5.69 Å². The van der Waals surface area contributed by atoms with Gasteiger partial charge in [0.1, 0.15) is 0 Å². The summed E-state index contributed by atoms with van der Waals surface area (Å²) < 4.78 is 53.9. The van der Waals surface area contributed by atoms with Gasteiger partial charge in [-0.2, -0.15) is 4.31 Å². The summed E-state index contributed by atoms with van der Waals surface area (Å²) in [4.78, 5) is 15.5. The average molecular weight is 498 g/mol.